The summed E-state index contributed by atoms with van der Waals surface area (Å²) in [7, 11) is -3.89. The van der Waals surface area contributed by atoms with Crippen molar-refractivity contribution in [2.45, 2.75) is 23.8 Å². The number of carbonyl (C=O) groups is 1. The van der Waals surface area contributed by atoms with Crippen molar-refractivity contribution in [3.63, 3.8) is 0 Å². The van der Waals surface area contributed by atoms with E-state index in [1.165, 1.54) is 42.5 Å². The lowest BCUT2D eigenvalue weighted by atomic mass is 10.2. The molecule has 0 aliphatic rings. The maximum absolute atomic E-state index is 12.6. The number of non-ortho nitro benzene ring substituents is 1. The molecule has 28 heavy (non-hydrogen) atoms. The normalized spacial score (nSPS) is 11.2. The second-order valence-corrected chi connectivity index (χ2v) is 8.03. The number of hydrogen-bond donors (Lipinski definition) is 1. The molecule has 1 N–H and O–H groups in total. The minimum absolute atomic E-state index is 0.0608. The second-order valence-electron chi connectivity index (χ2n) is 6.15. The van der Waals surface area contributed by atoms with Crippen LogP contribution in [0.1, 0.15) is 21.7 Å². The van der Waals surface area contributed by atoms with Gasteiger partial charge in [0.05, 0.1) is 9.82 Å². The van der Waals surface area contributed by atoms with Crippen LogP contribution in [0, 0.1) is 24.0 Å². The Morgan fingerprint density at radius 3 is 2.32 bits per heavy atom. The van der Waals surface area contributed by atoms with E-state index in [1.807, 2.05) is 6.92 Å². The van der Waals surface area contributed by atoms with Crippen LogP contribution in [-0.2, 0) is 9.84 Å². The molecule has 3 aromatic rings. The number of amides is 1. The summed E-state index contributed by atoms with van der Waals surface area (Å²) < 4.78 is 30.5. The van der Waals surface area contributed by atoms with E-state index in [2.05, 4.69) is 5.32 Å². The van der Waals surface area contributed by atoms with E-state index >= 15 is 0 Å². The highest BCUT2D eigenvalue weighted by molar-refractivity contribution is 7.91. The van der Waals surface area contributed by atoms with Gasteiger partial charge in [0.25, 0.3) is 11.6 Å². The number of anilines is 1. The van der Waals surface area contributed by atoms with Crippen molar-refractivity contribution >= 4 is 27.1 Å². The van der Waals surface area contributed by atoms with Crippen LogP contribution in [0.2, 0.25) is 0 Å². The number of nitrogens with zero attached hydrogens (tertiary/aromatic N) is 1. The molecular formula is C19H16N2O6S. The Labute approximate surface area is 160 Å². The average molecular weight is 400 g/mol. The summed E-state index contributed by atoms with van der Waals surface area (Å²) in [6.07, 6.45) is 0. The first-order valence-corrected chi connectivity index (χ1v) is 9.65. The SMILES string of the molecule is Cc1ccc(S(=O)(=O)c2ccc(C(=O)Nc3ccc([N+](=O)[O-])cc3C)o2)cc1. The van der Waals surface area contributed by atoms with Crippen LogP contribution in [0.25, 0.3) is 0 Å². The van der Waals surface area contributed by atoms with E-state index in [4.69, 9.17) is 4.42 Å². The number of aryl methyl sites for hydroxylation is 2. The highest BCUT2D eigenvalue weighted by atomic mass is 32.2. The molecule has 0 radical (unpaired) electrons. The zero-order valence-electron chi connectivity index (χ0n) is 15.0. The molecule has 0 fully saturated rings. The summed E-state index contributed by atoms with van der Waals surface area (Å²) in [6.45, 7) is 3.45. The van der Waals surface area contributed by atoms with Crippen molar-refractivity contribution in [2.75, 3.05) is 5.32 Å². The first-order chi connectivity index (χ1) is 13.2. The lowest BCUT2D eigenvalue weighted by Gasteiger charge is -2.06. The van der Waals surface area contributed by atoms with Gasteiger partial charge in [0.15, 0.2) is 5.76 Å². The third-order valence-corrected chi connectivity index (χ3v) is 5.71. The first-order valence-electron chi connectivity index (χ1n) is 8.16. The number of rotatable bonds is 5. The maximum Gasteiger partial charge on any atom is 0.291 e. The van der Waals surface area contributed by atoms with Crippen LogP contribution in [0.4, 0.5) is 11.4 Å². The number of sulfone groups is 1. The van der Waals surface area contributed by atoms with Gasteiger partial charge < -0.3 is 9.73 Å². The molecule has 0 saturated heterocycles. The second kappa shape index (κ2) is 7.28. The van der Waals surface area contributed by atoms with Crippen LogP contribution >= 0.6 is 0 Å². The van der Waals surface area contributed by atoms with Crippen molar-refractivity contribution in [1.82, 2.24) is 0 Å². The van der Waals surface area contributed by atoms with Crippen molar-refractivity contribution in [2.24, 2.45) is 0 Å². The van der Waals surface area contributed by atoms with Gasteiger partial charge in [-0.15, -0.1) is 0 Å². The molecule has 0 saturated carbocycles. The van der Waals surface area contributed by atoms with E-state index in [0.29, 0.717) is 11.3 Å². The molecule has 8 nitrogen and oxygen atoms in total. The van der Waals surface area contributed by atoms with Crippen LogP contribution in [-0.4, -0.2) is 19.2 Å². The summed E-state index contributed by atoms with van der Waals surface area (Å²) in [5.41, 5.74) is 1.66. The Morgan fingerprint density at radius 2 is 1.71 bits per heavy atom. The minimum atomic E-state index is -3.89. The predicted octanol–water partition coefficient (Wildman–Crippen LogP) is 3.89. The summed E-state index contributed by atoms with van der Waals surface area (Å²) in [6, 6.07) is 12.7. The summed E-state index contributed by atoms with van der Waals surface area (Å²) in [5, 5.41) is 13.0. The molecule has 0 aliphatic carbocycles. The third-order valence-electron chi connectivity index (χ3n) is 4.07. The summed E-state index contributed by atoms with van der Waals surface area (Å²) in [5.74, 6) is -0.856. The number of carbonyl (C=O) groups excluding carboxylic acids is 1. The van der Waals surface area contributed by atoms with Gasteiger partial charge in [-0.2, -0.15) is 0 Å². The van der Waals surface area contributed by atoms with Gasteiger partial charge in [0.2, 0.25) is 14.9 Å². The molecule has 3 rings (SSSR count). The fourth-order valence-electron chi connectivity index (χ4n) is 2.51. The number of hydrogen-bond acceptors (Lipinski definition) is 6. The van der Waals surface area contributed by atoms with Gasteiger partial charge in [0.1, 0.15) is 0 Å². The van der Waals surface area contributed by atoms with Crippen LogP contribution in [0.3, 0.4) is 0 Å². The Hall–Kier alpha value is -3.46. The molecule has 0 bridgehead atoms. The van der Waals surface area contributed by atoms with Gasteiger partial charge in [-0.1, -0.05) is 17.7 Å². The molecular weight excluding hydrogens is 384 g/mol. The van der Waals surface area contributed by atoms with Crippen molar-refractivity contribution in [3.8, 4) is 0 Å². The Morgan fingerprint density at radius 1 is 1.04 bits per heavy atom. The third kappa shape index (κ3) is 3.79. The number of nitrogens with one attached hydrogen (secondary N) is 1. The zero-order valence-corrected chi connectivity index (χ0v) is 15.8. The predicted molar refractivity (Wildman–Crippen MR) is 101 cm³/mol. The highest BCUT2D eigenvalue weighted by Gasteiger charge is 2.24. The average Bonchev–Trinajstić information content (AvgIpc) is 3.14. The van der Waals surface area contributed by atoms with Crippen LogP contribution in [0.5, 0.6) is 0 Å². The molecule has 9 heteroatoms. The topological polar surface area (TPSA) is 120 Å². The molecule has 144 valence electrons. The van der Waals surface area contributed by atoms with Crippen LogP contribution in [0.15, 0.2) is 69.0 Å². The van der Waals surface area contributed by atoms with Gasteiger partial charge in [0, 0.05) is 17.8 Å². The van der Waals surface area contributed by atoms with E-state index in [1.54, 1.807) is 19.1 Å². The van der Waals surface area contributed by atoms with Gasteiger partial charge >= 0.3 is 0 Å². The fourth-order valence-corrected chi connectivity index (χ4v) is 3.68. The number of benzene rings is 2. The Bertz CT molecular complexity index is 1160. The molecule has 2 aromatic carbocycles. The van der Waals surface area contributed by atoms with Gasteiger partial charge in [-0.25, -0.2) is 8.42 Å². The largest absolute Gasteiger partial charge is 0.439 e. The lowest BCUT2D eigenvalue weighted by molar-refractivity contribution is -0.384. The van der Waals surface area contributed by atoms with Crippen molar-refractivity contribution < 1.29 is 22.6 Å². The lowest BCUT2D eigenvalue weighted by Crippen LogP contribution is -2.12. The molecule has 0 unspecified atom stereocenters. The Balaban J connectivity index is 1.83. The molecule has 0 aliphatic heterocycles. The quantitative estimate of drug-likeness (QED) is 0.512. The molecule has 1 amide bonds. The zero-order chi connectivity index (χ0) is 20.5. The smallest absolute Gasteiger partial charge is 0.291 e. The fraction of sp³-hybridized carbons (Fsp3) is 0.105. The van der Waals surface area contributed by atoms with Crippen molar-refractivity contribution in [3.05, 3.63) is 81.6 Å². The molecule has 1 aromatic heterocycles. The number of nitro groups is 1. The number of nitro benzene ring substituents is 1. The Kier molecular flexibility index (Phi) is 5.02. The van der Waals surface area contributed by atoms with Crippen molar-refractivity contribution in [1.29, 1.82) is 0 Å². The maximum atomic E-state index is 12.6. The number of furan rings is 1. The summed E-state index contributed by atoms with van der Waals surface area (Å²) >= 11 is 0. The van der Waals surface area contributed by atoms with E-state index < -0.39 is 20.7 Å². The van der Waals surface area contributed by atoms with Gasteiger partial charge in [-0.3, -0.25) is 14.9 Å². The minimum Gasteiger partial charge on any atom is -0.439 e. The molecule has 1 heterocycles. The molecule has 0 atom stereocenters. The standard InChI is InChI=1S/C19H16N2O6S/c1-12-3-6-15(7-4-12)28(25,26)18-10-9-17(27-18)19(22)20-16-8-5-14(21(23)24)11-13(16)2/h3-11H,1-2H3,(H,20,22). The van der Waals surface area contributed by atoms with Gasteiger partial charge in [-0.05, 0) is 49.7 Å². The summed E-state index contributed by atoms with van der Waals surface area (Å²) in [4.78, 5) is 22.7. The van der Waals surface area contributed by atoms with E-state index in [9.17, 15) is 23.3 Å². The van der Waals surface area contributed by atoms with E-state index in [-0.39, 0.29) is 21.4 Å². The highest BCUT2D eigenvalue weighted by Crippen LogP contribution is 2.25. The van der Waals surface area contributed by atoms with Crippen LogP contribution < -0.4 is 5.32 Å². The first kappa shape index (κ1) is 19.3. The molecule has 0 spiro atoms. The van der Waals surface area contributed by atoms with E-state index in [0.717, 1.165) is 5.56 Å². The monoisotopic (exact) mass is 400 g/mol.